The molecule has 0 bridgehead atoms. The fraction of sp³-hybridized carbons (Fsp3) is 0.0625. The van der Waals surface area contributed by atoms with E-state index in [1.54, 1.807) is 18.1 Å². The number of rotatable bonds is 8. The molecule has 202 valence electrons. The SMILES string of the molecule is C=CCN1C(=O)/C(=C/c2cn(-c3ccccc3)nc2-c2ccc(OC)cc2)S/C1=N/c1nc(-c2ccccc2)cs1. The van der Waals surface area contributed by atoms with Gasteiger partial charge in [0, 0.05) is 34.8 Å². The fourth-order valence-corrected chi connectivity index (χ4v) is 6.07. The van der Waals surface area contributed by atoms with Crippen molar-refractivity contribution in [1.82, 2.24) is 19.7 Å². The molecule has 1 amide bonds. The number of carbonyl (C=O) groups is 1. The number of hydrogen-bond acceptors (Lipinski definition) is 7. The van der Waals surface area contributed by atoms with E-state index in [-0.39, 0.29) is 5.91 Å². The van der Waals surface area contributed by atoms with E-state index in [1.807, 2.05) is 107 Å². The van der Waals surface area contributed by atoms with Gasteiger partial charge in [0.1, 0.15) is 5.75 Å². The van der Waals surface area contributed by atoms with E-state index in [9.17, 15) is 4.79 Å². The number of nitrogens with zero attached hydrogens (tertiary/aromatic N) is 5. The zero-order valence-electron chi connectivity index (χ0n) is 22.2. The molecular formula is C32H25N5O2S2. The zero-order valence-corrected chi connectivity index (χ0v) is 23.8. The van der Waals surface area contributed by atoms with E-state index in [4.69, 9.17) is 14.8 Å². The van der Waals surface area contributed by atoms with Gasteiger partial charge < -0.3 is 4.74 Å². The van der Waals surface area contributed by atoms with Crippen LogP contribution in [0.5, 0.6) is 5.75 Å². The van der Waals surface area contributed by atoms with Gasteiger partial charge >= 0.3 is 0 Å². The molecule has 1 fully saturated rings. The largest absolute Gasteiger partial charge is 0.497 e. The Kier molecular flexibility index (Phi) is 7.62. The highest BCUT2D eigenvalue weighted by atomic mass is 32.2. The number of thiazole rings is 1. The average Bonchev–Trinajstić information content (AvgIpc) is 3.74. The predicted octanol–water partition coefficient (Wildman–Crippen LogP) is 7.46. The van der Waals surface area contributed by atoms with Crippen LogP contribution in [-0.4, -0.2) is 44.4 Å². The summed E-state index contributed by atoms with van der Waals surface area (Å²) in [5.41, 5.74) is 5.28. The van der Waals surface area contributed by atoms with E-state index < -0.39 is 0 Å². The second-order valence-corrected chi connectivity index (χ2v) is 10.9. The summed E-state index contributed by atoms with van der Waals surface area (Å²) in [6, 6.07) is 27.6. The lowest BCUT2D eigenvalue weighted by atomic mass is 10.1. The van der Waals surface area contributed by atoms with Crippen LogP contribution in [0.2, 0.25) is 0 Å². The molecule has 0 aliphatic carbocycles. The molecule has 1 aliphatic heterocycles. The van der Waals surface area contributed by atoms with Crippen molar-refractivity contribution < 1.29 is 9.53 Å². The summed E-state index contributed by atoms with van der Waals surface area (Å²) in [5.74, 6) is 0.623. The molecule has 0 spiro atoms. The van der Waals surface area contributed by atoms with Crippen LogP contribution in [0.4, 0.5) is 5.13 Å². The molecule has 9 heteroatoms. The van der Waals surface area contributed by atoms with E-state index in [1.165, 1.54) is 23.1 Å². The standard InChI is InChI=1S/C32H25N5O2S2/c1-3-18-36-30(38)28(41-32(36)34-31-33-27(21-40-31)22-10-6-4-7-11-22)19-24-20-37(25-12-8-5-9-13-25)35-29(24)23-14-16-26(39-2)17-15-23/h3-17,19-21H,1,18H2,2H3/b28-19-,34-32+. The summed E-state index contributed by atoms with van der Waals surface area (Å²) < 4.78 is 7.16. The number of carbonyl (C=O) groups excluding carboxylic acids is 1. The number of amides is 1. The van der Waals surface area contributed by atoms with Crippen molar-refractivity contribution in [3.63, 3.8) is 0 Å². The summed E-state index contributed by atoms with van der Waals surface area (Å²) >= 11 is 2.77. The van der Waals surface area contributed by atoms with Gasteiger partial charge in [-0.25, -0.2) is 9.67 Å². The van der Waals surface area contributed by atoms with Gasteiger partial charge in [-0.2, -0.15) is 10.1 Å². The second-order valence-electron chi connectivity index (χ2n) is 9.03. The van der Waals surface area contributed by atoms with Crippen molar-refractivity contribution in [2.45, 2.75) is 0 Å². The average molecular weight is 576 g/mol. The lowest BCUT2D eigenvalue weighted by Gasteiger charge is -2.11. The van der Waals surface area contributed by atoms with Crippen LogP contribution in [-0.2, 0) is 4.79 Å². The van der Waals surface area contributed by atoms with Crippen molar-refractivity contribution in [1.29, 1.82) is 0 Å². The Balaban J connectivity index is 1.38. The van der Waals surface area contributed by atoms with Crippen LogP contribution >= 0.6 is 23.1 Å². The molecule has 41 heavy (non-hydrogen) atoms. The molecule has 7 nitrogen and oxygen atoms in total. The Morgan fingerprint density at radius 3 is 2.41 bits per heavy atom. The summed E-state index contributed by atoms with van der Waals surface area (Å²) in [4.78, 5) is 25.2. The number of ether oxygens (including phenoxy) is 1. The third-order valence-electron chi connectivity index (χ3n) is 6.37. The monoisotopic (exact) mass is 575 g/mol. The van der Waals surface area contributed by atoms with Crippen LogP contribution in [0.25, 0.3) is 34.3 Å². The van der Waals surface area contributed by atoms with Gasteiger partial charge in [-0.3, -0.25) is 9.69 Å². The number of methoxy groups -OCH3 is 1. The topological polar surface area (TPSA) is 72.6 Å². The summed E-state index contributed by atoms with van der Waals surface area (Å²) in [6.45, 7) is 4.18. The Hall–Kier alpha value is -4.73. The maximum atomic E-state index is 13.6. The lowest BCUT2D eigenvalue weighted by molar-refractivity contribution is -0.121. The maximum absolute atomic E-state index is 13.6. The van der Waals surface area contributed by atoms with Gasteiger partial charge in [0.05, 0.1) is 29.1 Å². The van der Waals surface area contributed by atoms with Crippen LogP contribution in [0.1, 0.15) is 5.56 Å². The van der Waals surface area contributed by atoms with Crippen LogP contribution in [0.15, 0.2) is 119 Å². The Morgan fingerprint density at radius 1 is 0.976 bits per heavy atom. The molecule has 1 saturated heterocycles. The third kappa shape index (κ3) is 5.63. The van der Waals surface area contributed by atoms with Gasteiger partial charge in [-0.1, -0.05) is 54.6 Å². The minimum absolute atomic E-state index is 0.137. The molecule has 0 saturated carbocycles. The van der Waals surface area contributed by atoms with Crippen LogP contribution < -0.4 is 4.74 Å². The molecule has 0 N–H and O–H groups in total. The molecule has 0 atom stereocenters. The molecule has 0 radical (unpaired) electrons. The molecule has 1 aliphatic rings. The Morgan fingerprint density at radius 2 is 1.71 bits per heavy atom. The number of aliphatic imine (C=N–C) groups is 1. The number of aromatic nitrogens is 3. The van der Waals surface area contributed by atoms with E-state index in [2.05, 4.69) is 11.6 Å². The fourth-order valence-electron chi connectivity index (χ4n) is 4.34. The summed E-state index contributed by atoms with van der Waals surface area (Å²) in [6.07, 6.45) is 5.52. The summed E-state index contributed by atoms with van der Waals surface area (Å²) in [5, 5.41) is 8.02. The van der Waals surface area contributed by atoms with E-state index in [0.717, 1.165) is 39.5 Å². The number of para-hydroxylation sites is 1. The van der Waals surface area contributed by atoms with Gasteiger partial charge in [0.15, 0.2) is 5.17 Å². The zero-order chi connectivity index (χ0) is 28.2. The normalized spacial score (nSPS) is 15.1. The first-order valence-electron chi connectivity index (χ1n) is 12.8. The van der Waals surface area contributed by atoms with Crippen LogP contribution in [0.3, 0.4) is 0 Å². The van der Waals surface area contributed by atoms with Crippen molar-refractivity contribution in [3.05, 3.63) is 120 Å². The Labute approximate surface area is 246 Å². The summed E-state index contributed by atoms with van der Waals surface area (Å²) in [7, 11) is 1.64. The number of benzene rings is 3. The first-order valence-corrected chi connectivity index (χ1v) is 14.5. The number of hydrogen-bond donors (Lipinski definition) is 0. The van der Waals surface area contributed by atoms with Gasteiger partial charge in [0.2, 0.25) is 5.13 Å². The highest BCUT2D eigenvalue weighted by molar-refractivity contribution is 8.18. The second kappa shape index (κ2) is 11.8. The van der Waals surface area contributed by atoms with Crippen molar-refractivity contribution >= 4 is 45.4 Å². The van der Waals surface area contributed by atoms with Gasteiger partial charge in [-0.15, -0.1) is 17.9 Å². The van der Waals surface area contributed by atoms with Crippen molar-refractivity contribution in [2.24, 2.45) is 4.99 Å². The van der Waals surface area contributed by atoms with E-state index in [0.29, 0.717) is 21.7 Å². The first kappa shape index (κ1) is 26.5. The molecule has 3 heterocycles. The smallest absolute Gasteiger partial charge is 0.267 e. The number of thioether (sulfide) groups is 1. The molecule has 3 aromatic carbocycles. The van der Waals surface area contributed by atoms with Gasteiger partial charge in [0.25, 0.3) is 5.91 Å². The van der Waals surface area contributed by atoms with Crippen molar-refractivity contribution in [2.75, 3.05) is 13.7 Å². The molecule has 0 unspecified atom stereocenters. The van der Waals surface area contributed by atoms with Gasteiger partial charge in [-0.05, 0) is 54.2 Å². The van der Waals surface area contributed by atoms with E-state index >= 15 is 0 Å². The van der Waals surface area contributed by atoms with Crippen molar-refractivity contribution in [3.8, 4) is 34.0 Å². The molecule has 5 aromatic rings. The lowest BCUT2D eigenvalue weighted by Crippen LogP contribution is -2.29. The first-order chi connectivity index (χ1) is 20.1. The quantitative estimate of drug-likeness (QED) is 0.142. The minimum atomic E-state index is -0.137. The molecular weight excluding hydrogens is 551 g/mol. The molecule has 6 rings (SSSR count). The Bertz CT molecular complexity index is 1760. The molecule has 2 aromatic heterocycles. The maximum Gasteiger partial charge on any atom is 0.267 e. The highest BCUT2D eigenvalue weighted by Gasteiger charge is 2.33. The number of amidine groups is 1. The third-order valence-corrected chi connectivity index (χ3v) is 8.11. The predicted molar refractivity (Wildman–Crippen MR) is 168 cm³/mol. The minimum Gasteiger partial charge on any atom is -0.497 e. The highest BCUT2D eigenvalue weighted by Crippen LogP contribution is 2.37. The van der Waals surface area contributed by atoms with Crippen LogP contribution in [0, 0.1) is 0 Å².